The summed E-state index contributed by atoms with van der Waals surface area (Å²) in [6.07, 6.45) is 2.75. The van der Waals surface area contributed by atoms with Crippen LogP contribution in [0.4, 0.5) is 8.78 Å². The van der Waals surface area contributed by atoms with Crippen molar-refractivity contribution in [3.63, 3.8) is 0 Å². The first-order valence-electron chi connectivity index (χ1n) is 4.98. The van der Waals surface area contributed by atoms with Crippen LogP contribution in [0.1, 0.15) is 10.4 Å². The minimum atomic E-state index is -1.42. The van der Waals surface area contributed by atoms with Gasteiger partial charge in [-0.15, -0.1) is 0 Å². The number of halogens is 3. The van der Waals surface area contributed by atoms with Crippen LogP contribution in [0.15, 0.2) is 35.1 Å². The van der Waals surface area contributed by atoms with E-state index in [9.17, 15) is 13.6 Å². The molecule has 2 aromatic rings. The van der Waals surface area contributed by atoms with Crippen LogP contribution in [0.5, 0.6) is 11.5 Å². The number of aromatic nitrogens is 1. The number of benzene rings is 1. The Labute approximate surface area is 114 Å². The van der Waals surface area contributed by atoms with Crippen molar-refractivity contribution in [2.45, 2.75) is 0 Å². The summed E-state index contributed by atoms with van der Waals surface area (Å²) in [5.41, 5.74) is -0.491. The van der Waals surface area contributed by atoms with Gasteiger partial charge in [0.25, 0.3) is 0 Å². The molecule has 0 unspecified atom stereocenters. The zero-order valence-corrected chi connectivity index (χ0v) is 10.8. The maximum Gasteiger partial charge on any atom is 0.335 e. The highest BCUT2D eigenvalue weighted by Crippen LogP contribution is 2.29. The smallest absolute Gasteiger partial charge is 0.335 e. The Morgan fingerprint density at radius 1 is 1.21 bits per heavy atom. The zero-order chi connectivity index (χ0) is 14.0. The molecule has 1 N–H and O–H groups in total. The lowest BCUT2D eigenvalue weighted by Crippen LogP contribution is -2.01. The monoisotopic (exact) mass is 329 g/mol. The third kappa shape index (κ3) is 3.05. The summed E-state index contributed by atoms with van der Waals surface area (Å²) in [7, 11) is 0. The molecular weight excluding hydrogens is 324 g/mol. The molecule has 1 aromatic carbocycles. The first kappa shape index (κ1) is 13.4. The molecule has 1 aromatic heterocycles. The van der Waals surface area contributed by atoms with Crippen LogP contribution < -0.4 is 4.74 Å². The predicted octanol–water partition coefficient (Wildman–Crippen LogP) is 3.61. The third-order valence-electron chi connectivity index (χ3n) is 2.14. The van der Waals surface area contributed by atoms with Crippen molar-refractivity contribution in [2.24, 2.45) is 0 Å². The number of carboxylic acids is 1. The standard InChI is InChI=1S/C12H6BrF2NO3/c13-7-3-8(5-16-4-7)19-11-9(14)1-6(12(17)18)2-10(11)15/h1-5H,(H,17,18). The molecule has 0 fully saturated rings. The molecule has 0 saturated carbocycles. The zero-order valence-electron chi connectivity index (χ0n) is 9.23. The van der Waals surface area contributed by atoms with E-state index in [-0.39, 0.29) is 5.75 Å². The molecule has 0 aliphatic heterocycles. The molecular formula is C12H6BrF2NO3. The Balaban J connectivity index is 2.38. The third-order valence-corrected chi connectivity index (χ3v) is 2.58. The van der Waals surface area contributed by atoms with Crippen LogP contribution >= 0.6 is 15.9 Å². The Hall–Kier alpha value is -2.02. The van der Waals surface area contributed by atoms with Crippen LogP contribution in [0.25, 0.3) is 0 Å². The Morgan fingerprint density at radius 2 is 1.84 bits per heavy atom. The molecule has 1 heterocycles. The summed E-state index contributed by atoms with van der Waals surface area (Å²) in [4.78, 5) is 14.4. The van der Waals surface area contributed by atoms with Crippen molar-refractivity contribution in [2.75, 3.05) is 0 Å². The van der Waals surface area contributed by atoms with Gasteiger partial charge in [-0.25, -0.2) is 13.6 Å². The number of carbonyl (C=O) groups is 1. The second-order valence-corrected chi connectivity index (χ2v) is 4.43. The molecule has 0 saturated heterocycles. The number of rotatable bonds is 3. The van der Waals surface area contributed by atoms with Crippen LogP contribution in [-0.4, -0.2) is 16.1 Å². The second kappa shape index (κ2) is 5.31. The molecule has 0 radical (unpaired) electrons. The fourth-order valence-corrected chi connectivity index (χ4v) is 1.69. The van der Waals surface area contributed by atoms with E-state index in [0.29, 0.717) is 16.6 Å². The number of ether oxygens (including phenoxy) is 1. The summed E-state index contributed by atoms with van der Waals surface area (Å²) in [5.74, 6) is -4.18. The molecule has 19 heavy (non-hydrogen) atoms. The molecule has 7 heteroatoms. The summed E-state index contributed by atoms with van der Waals surface area (Å²) >= 11 is 3.14. The number of pyridine rings is 1. The van der Waals surface area contributed by atoms with Gasteiger partial charge in [0, 0.05) is 10.7 Å². The molecule has 0 amide bonds. The Morgan fingerprint density at radius 3 is 2.37 bits per heavy atom. The number of hydrogen-bond donors (Lipinski definition) is 1. The van der Waals surface area contributed by atoms with Gasteiger partial charge in [0.05, 0.1) is 11.8 Å². The Bertz CT molecular complexity index is 626. The van der Waals surface area contributed by atoms with Gasteiger partial charge in [-0.3, -0.25) is 4.98 Å². The summed E-state index contributed by atoms with van der Waals surface area (Å²) in [5, 5.41) is 8.66. The molecule has 0 bridgehead atoms. The van der Waals surface area contributed by atoms with Crippen molar-refractivity contribution in [1.29, 1.82) is 0 Å². The predicted molar refractivity (Wildman–Crippen MR) is 65.3 cm³/mol. The van der Waals surface area contributed by atoms with Gasteiger partial charge in [-0.1, -0.05) is 0 Å². The van der Waals surface area contributed by atoms with Gasteiger partial charge in [-0.05, 0) is 34.1 Å². The molecule has 4 nitrogen and oxygen atoms in total. The van der Waals surface area contributed by atoms with Crippen LogP contribution in [0.2, 0.25) is 0 Å². The highest BCUT2D eigenvalue weighted by atomic mass is 79.9. The maximum atomic E-state index is 13.6. The van der Waals surface area contributed by atoms with E-state index in [1.54, 1.807) is 0 Å². The maximum absolute atomic E-state index is 13.6. The van der Waals surface area contributed by atoms with Crippen LogP contribution in [-0.2, 0) is 0 Å². The van der Waals surface area contributed by atoms with Crippen molar-refractivity contribution in [1.82, 2.24) is 4.98 Å². The molecule has 0 spiro atoms. The number of carboxylic acid groups (broad SMARTS) is 1. The van der Waals surface area contributed by atoms with Crippen LogP contribution in [0.3, 0.4) is 0 Å². The fourth-order valence-electron chi connectivity index (χ4n) is 1.35. The molecule has 2 rings (SSSR count). The summed E-state index contributed by atoms with van der Waals surface area (Å²) in [6, 6.07) is 2.84. The van der Waals surface area contributed by atoms with Gasteiger partial charge in [0.2, 0.25) is 0 Å². The first-order chi connectivity index (χ1) is 8.97. The lowest BCUT2D eigenvalue weighted by atomic mass is 10.2. The molecule has 0 atom stereocenters. The molecule has 0 aliphatic carbocycles. The van der Waals surface area contributed by atoms with Crippen molar-refractivity contribution < 1.29 is 23.4 Å². The number of aromatic carboxylic acids is 1. The van der Waals surface area contributed by atoms with Gasteiger partial charge in [-0.2, -0.15) is 0 Å². The lowest BCUT2D eigenvalue weighted by molar-refractivity contribution is 0.0695. The average Bonchev–Trinajstić information content (AvgIpc) is 2.33. The van der Waals surface area contributed by atoms with E-state index >= 15 is 0 Å². The Kier molecular flexibility index (Phi) is 3.75. The van der Waals surface area contributed by atoms with Gasteiger partial charge < -0.3 is 9.84 Å². The van der Waals surface area contributed by atoms with Crippen molar-refractivity contribution in [3.05, 3.63) is 52.3 Å². The quantitative estimate of drug-likeness (QED) is 0.934. The SMILES string of the molecule is O=C(O)c1cc(F)c(Oc2cncc(Br)c2)c(F)c1. The van der Waals surface area contributed by atoms with E-state index in [1.807, 2.05) is 0 Å². The van der Waals surface area contributed by atoms with E-state index < -0.39 is 28.9 Å². The summed E-state index contributed by atoms with van der Waals surface area (Å²) in [6.45, 7) is 0. The van der Waals surface area contributed by atoms with Crippen LogP contribution in [0, 0.1) is 11.6 Å². The highest BCUT2D eigenvalue weighted by Gasteiger charge is 2.16. The van der Waals surface area contributed by atoms with Crippen molar-refractivity contribution >= 4 is 21.9 Å². The second-order valence-electron chi connectivity index (χ2n) is 3.52. The van der Waals surface area contributed by atoms with Gasteiger partial charge >= 0.3 is 5.97 Å². The fraction of sp³-hybridized carbons (Fsp3) is 0. The van der Waals surface area contributed by atoms with E-state index in [1.165, 1.54) is 18.5 Å². The van der Waals surface area contributed by atoms with Crippen molar-refractivity contribution in [3.8, 4) is 11.5 Å². The molecule has 0 aliphatic rings. The largest absolute Gasteiger partial charge is 0.478 e. The number of nitrogens with zero attached hydrogens (tertiary/aromatic N) is 1. The minimum Gasteiger partial charge on any atom is -0.478 e. The highest BCUT2D eigenvalue weighted by molar-refractivity contribution is 9.10. The average molecular weight is 330 g/mol. The van der Waals surface area contributed by atoms with E-state index in [2.05, 4.69) is 20.9 Å². The van der Waals surface area contributed by atoms with E-state index in [4.69, 9.17) is 9.84 Å². The normalized spacial score (nSPS) is 10.3. The van der Waals surface area contributed by atoms with Gasteiger partial charge in [0.1, 0.15) is 5.75 Å². The minimum absolute atomic E-state index is 0.121. The lowest BCUT2D eigenvalue weighted by Gasteiger charge is -2.08. The topological polar surface area (TPSA) is 59.4 Å². The first-order valence-corrected chi connectivity index (χ1v) is 5.77. The summed E-state index contributed by atoms with van der Waals surface area (Å²) < 4.78 is 32.8. The van der Waals surface area contributed by atoms with E-state index in [0.717, 1.165) is 0 Å². The molecule has 98 valence electrons. The van der Waals surface area contributed by atoms with Gasteiger partial charge in [0.15, 0.2) is 17.4 Å². The number of hydrogen-bond acceptors (Lipinski definition) is 3.